The van der Waals surface area contributed by atoms with Crippen LogP contribution in [0.2, 0.25) is 0 Å². The lowest BCUT2D eigenvalue weighted by Gasteiger charge is -2.35. The zero-order valence-electron chi connectivity index (χ0n) is 12.9. The van der Waals surface area contributed by atoms with Crippen LogP contribution in [0.25, 0.3) is 0 Å². The van der Waals surface area contributed by atoms with Crippen molar-refractivity contribution in [1.29, 1.82) is 0 Å². The predicted molar refractivity (Wildman–Crippen MR) is 78.4 cm³/mol. The molecule has 0 bridgehead atoms. The molecule has 4 atom stereocenters. The highest BCUT2D eigenvalue weighted by atomic mass is 16.5. The molecule has 1 aliphatic heterocycles. The van der Waals surface area contributed by atoms with Gasteiger partial charge in [0.05, 0.1) is 12.7 Å². The lowest BCUT2D eigenvalue weighted by Crippen LogP contribution is -2.48. The number of rotatable bonds is 6. The minimum Gasteiger partial charge on any atom is -0.465 e. The summed E-state index contributed by atoms with van der Waals surface area (Å²) in [5, 5.41) is 10.2. The van der Waals surface area contributed by atoms with Gasteiger partial charge in [-0.25, -0.2) is 0 Å². The van der Waals surface area contributed by atoms with Gasteiger partial charge in [-0.3, -0.25) is 9.69 Å². The number of aliphatic hydroxyl groups excluding tert-OH is 1. The fourth-order valence-corrected chi connectivity index (χ4v) is 4.01. The van der Waals surface area contributed by atoms with Crippen molar-refractivity contribution >= 4 is 5.97 Å². The molecule has 2 aliphatic rings. The first-order valence-electron chi connectivity index (χ1n) is 8.29. The van der Waals surface area contributed by atoms with E-state index in [4.69, 9.17) is 4.74 Å². The third-order valence-corrected chi connectivity index (χ3v) is 4.89. The monoisotopic (exact) mass is 283 g/mol. The normalized spacial score (nSPS) is 32.5. The molecule has 1 N–H and O–H groups in total. The van der Waals surface area contributed by atoms with E-state index in [1.165, 1.54) is 0 Å². The summed E-state index contributed by atoms with van der Waals surface area (Å²) < 4.78 is 5.26. The van der Waals surface area contributed by atoms with Crippen LogP contribution >= 0.6 is 0 Å². The van der Waals surface area contributed by atoms with Gasteiger partial charge in [0.1, 0.15) is 6.04 Å². The van der Waals surface area contributed by atoms with Crippen LogP contribution in [-0.4, -0.2) is 47.3 Å². The topological polar surface area (TPSA) is 49.8 Å². The maximum Gasteiger partial charge on any atom is 0.323 e. The van der Waals surface area contributed by atoms with E-state index in [2.05, 4.69) is 11.8 Å². The van der Waals surface area contributed by atoms with Crippen molar-refractivity contribution in [2.45, 2.75) is 77.0 Å². The quantitative estimate of drug-likeness (QED) is 0.760. The van der Waals surface area contributed by atoms with E-state index in [0.29, 0.717) is 18.6 Å². The van der Waals surface area contributed by atoms with Crippen LogP contribution in [0.1, 0.15) is 58.8 Å². The van der Waals surface area contributed by atoms with Crippen molar-refractivity contribution in [3.8, 4) is 0 Å². The SMILES string of the molecule is CCCC(C(=O)OCC)N1CCCC1C1CCCC1O. The van der Waals surface area contributed by atoms with Crippen LogP contribution in [-0.2, 0) is 9.53 Å². The van der Waals surface area contributed by atoms with E-state index in [9.17, 15) is 9.90 Å². The summed E-state index contributed by atoms with van der Waals surface area (Å²) in [4.78, 5) is 14.6. The Hall–Kier alpha value is -0.610. The lowest BCUT2D eigenvalue weighted by molar-refractivity contribution is -0.151. The molecule has 4 nitrogen and oxygen atoms in total. The Morgan fingerprint density at radius 1 is 1.30 bits per heavy atom. The van der Waals surface area contributed by atoms with Gasteiger partial charge in [0.15, 0.2) is 0 Å². The fraction of sp³-hybridized carbons (Fsp3) is 0.938. The molecule has 0 amide bonds. The second-order valence-electron chi connectivity index (χ2n) is 6.17. The molecule has 0 spiro atoms. The second kappa shape index (κ2) is 7.41. The van der Waals surface area contributed by atoms with Crippen LogP contribution in [0.15, 0.2) is 0 Å². The Kier molecular flexibility index (Phi) is 5.85. The van der Waals surface area contributed by atoms with Crippen LogP contribution in [0.5, 0.6) is 0 Å². The summed E-state index contributed by atoms with van der Waals surface area (Å²) in [6, 6.07) is 0.258. The second-order valence-corrected chi connectivity index (χ2v) is 6.17. The number of esters is 1. The van der Waals surface area contributed by atoms with Crippen molar-refractivity contribution in [1.82, 2.24) is 4.90 Å². The molecule has 0 aromatic heterocycles. The fourth-order valence-electron chi connectivity index (χ4n) is 4.01. The third-order valence-electron chi connectivity index (χ3n) is 4.89. The van der Waals surface area contributed by atoms with E-state index in [-0.39, 0.29) is 18.1 Å². The Morgan fingerprint density at radius 3 is 2.70 bits per heavy atom. The zero-order chi connectivity index (χ0) is 14.5. The van der Waals surface area contributed by atoms with Crippen LogP contribution in [0.4, 0.5) is 0 Å². The van der Waals surface area contributed by atoms with Crippen molar-refractivity contribution in [3.05, 3.63) is 0 Å². The van der Waals surface area contributed by atoms with Crippen LogP contribution < -0.4 is 0 Å². The van der Waals surface area contributed by atoms with Crippen molar-refractivity contribution in [2.24, 2.45) is 5.92 Å². The van der Waals surface area contributed by atoms with E-state index in [1.807, 2.05) is 6.92 Å². The standard InChI is InChI=1S/C16H29NO3/c1-3-7-14(16(19)20-4-2)17-11-6-9-13(17)12-8-5-10-15(12)18/h12-15,18H,3-11H2,1-2H3. The summed E-state index contributed by atoms with van der Waals surface area (Å²) in [6.07, 6.45) is 7.06. The number of ether oxygens (including phenoxy) is 1. The van der Waals surface area contributed by atoms with Crippen molar-refractivity contribution in [3.63, 3.8) is 0 Å². The predicted octanol–water partition coefficient (Wildman–Crippen LogP) is 2.34. The number of carbonyl (C=O) groups excluding carboxylic acids is 1. The molecule has 0 radical (unpaired) electrons. The van der Waals surface area contributed by atoms with Gasteiger partial charge in [-0.2, -0.15) is 0 Å². The van der Waals surface area contributed by atoms with Crippen molar-refractivity contribution in [2.75, 3.05) is 13.2 Å². The molecule has 1 aliphatic carbocycles. The molecule has 1 saturated heterocycles. The van der Waals surface area contributed by atoms with Crippen molar-refractivity contribution < 1.29 is 14.6 Å². The Labute approximate surface area is 122 Å². The molecule has 2 fully saturated rings. The largest absolute Gasteiger partial charge is 0.465 e. The Bertz CT molecular complexity index is 321. The summed E-state index contributed by atoms with van der Waals surface area (Å²) in [5.74, 6) is 0.278. The van der Waals surface area contributed by atoms with Gasteiger partial charge in [-0.05, 0) is 45.6 Å². The molecule has 4 heteroatoms. The highest BCUT2D eigenvalue weighted by molar-refractivity contribution is 5.75. The first-order chi connectivity index (χ1) is 9.69. The van der Waals surface area contributed by atoms with Gasteiger partial charge in [0.2, 0.25) is 0 Å². The average Bonchev–Trinajstić information content (AvgIpc) is 3.04. The molecule has 0 aromatic carbocycles. The smallest absolute Gasteiger partial charge is 0.323 e. The minimum absolute atomic E-state index is 0.0752. The first kappa shape index (κ1) is 15.8. The molecule has 2 rings (SSSR count). The molecule has 4 unspecified atom stereocenters. The lowest BCUT2D eigenvalue weighted by atomic mass is 9.93. The molecule has 116 valence electrons. The third kappa shape index (κ3) is 3.34. The number of aliphatic hydroxyl groups is 1. The molecule has 1 saturated carbocycles. The number of nitrogens with zero attached hydrogens (tertiary/aromatic N) is 1. The van der Waals surface area contributed by atoms with E-state index in [1.54, 1.807) is 0 Å². The summed E-state index contributed by atoms with van der Waals surface area (Å²) in [5.41, 5.74) is 0. The molecular formula is C16H29NO3. The van der Waals surface area contributed by atoms with Crippen LogP contribution in [0.3, 0.4) is 0 Å². The van der Waals surface area contributed by atoms with Gasteiger partial charge in [-0.15, -0.1) is 0 Å². The maximum atomic E-state index is 12.2. The van der Waals surface area contributed by atoms with E-state index >= 15 is 0 Å². The molecule has 20 heavy (non-hydrogen) atoms. The maximum absolute atomic E-state index is 12.2. The van der Waals surface area contributed by atoms with Crippen LogP contribution in [0, 0.1) is 5.92 Å². The number of hydrogen-bond acceptors (Lipinski definition) is 4. The van der Waals surface area contributed by atoms with Gasteiger partial charge in [0, 0.05) is 12.0 Å². The van der Waals surface area contributed by atoms with E-state index < -0.39 is 0 Å². The zero-order valence-corrected chi connectivity index (χ0v) is 12.9. The minimum atomic E-state index is -0.176. The Balaban J connectivity index is 2.07. The van der Waals surface area contributed by atoms with Gasteiger partial charge in [-0.1, -0.05) is 19.8 Å². The summed E-state index contributed by atoms with van der Waals surface area (Å²) in [7, 11) is 0. The first-order valence-corrected chi connectivity index (χ1v) is 8.29. The van der Waals surface area contributed by atoms with Gasteiger partial charge < -0.3 is 9.84 Å². The molecule has 1 heterocycles. The van der Waals surface area contributed by atoms with Gasteiger partial charge >= 0.3 is 5.97 Å². The number of hydrogen-bond donors (Lipinski definition) is 1. The number of likely N-dealkylation sites (tertiary alicyclic amines) is 1. The number of carbonyl (C=O) groups is 1. The Morgan fingerprint density at radius 2 is 2.10 bits per heavy atom. The molecule has 0 aromatic rings. The highest BCUT2D eigenvalue weighted by Gasteiger charge is 2.42. The van der Waals surface area contributed by atoms with E-state index in [0.717, 1.165) is 51.5 Å². The summed E-state index contributed by atoms with van der Waals surface area (Å²) in [6.45, 7) is 5.39. The van der Waals surface area contributed by atoms with Gasteiger partial charge in [0.25, 0.3) is 0 Å². The average molecular weight is 283 g/mol. The highest BCUT2D eigenvalue weighted by Crippen LogP contribution is 2.37. The summed E-state index contributed by atoms with van der Waals surface area (Å²) >= 11 is 0. The molecular weight excluding hydrogens is 254 g/mol.